The summed E-state index contributed by atoms with van der Waals surface area (Å²) in [7, 11) is 1.56. The van der Waals surface area contributed by atoms with E-state index < -0.39 is 14.7 Å². The van der Waals surface area contributed by atoms with Crippen LogP contribution in [0.5, 0.6) is 0 Å². The topological polar surface area (TPSA) is 76.6 Å². The number of nitrogens with zero attached hydrogens (tertiary/aromatic N) is 2. The molecule has 30 heavy (non-hydrogen) atoms. The standard InChI is InChI=1S/C22H27ClN2O4S/c1-22(2,3)29-21(26)25-15-17-12-13-20(30(23,27)28)24-19(17)14-18(25)11-7-10-16-8-5-4-6-9-16/h4-6,8-9,12-13,18H,7,10-11,14-15H2,1-3H3. The van der Waals surface area contributed by atoms with Crippen LogP contribution >= 0.6 is 10.7 Å². The van der Waals surface area contributed by atoms with Crippen molar-refractivity contribution < 1.29 is 17.9 Å². The molecule has 1 unspecified atom stereocenters. The van der Waals surface area contributed by atoms with E-state index in [9.17, 15) is 13.2 Å². The summed E-state index contributed by atoms with van der Waals surface area (Å²) in [5.74, 6) is 0. The summed E-state index contributed by atoms with van der Waals surface area (Å²) < 4.78 is 29.0. The molecule has 1 aromatic heterocycles. The Balaban J connectivity index is 1.81. The van der Waals surface area contributed by atoms with Gasteiger partial charge in [0.2, 0.25) is 0 Å². The number of hydrogen-bond donors (Lipinski definition) is 0. The van der Waals surface area contributed by atoms with Crippen LogP contribution in [0.3, 0.4) is 0 Å². The summed E-state index contributed by atoms with van der Waals surface area (Å²) in [6.07, 6.45) is 2.63. The van der Waals surface area contributed by atoms with E-state index in [2.05, 4.69) is 17.1 Å². The number of aryl methyl sites for hydroxylation is 1. The molecule has 1 atom stereocenters. The third kappa shape index (κ3) is 5.95. The average Bonchev–Trinajstić information content (AvgIpc) is 2.65. The molecule has 1 aliphatic heterocycles. The van der Waals surface area contributed by atoms with E-state index in [1.54, 1.807) is 11.0 Å². The van der Waals surface area contributed by atoms with Crippen molar-refractivity contribution in [2.24, 2.45) is 0 Å². The number of carbonyl (C=O) groups is 1. The van der Waals surface area contributed by atoms with Gasteiger partial charge in [0, 0.05) is 28.8 Å². The Labute approximate surface area is 182 Å². The minimum atomic E-state index is -3.90. The van der Waals surface area contributed by atoms with Gasteiger partial charge in [-0.3, -0.25) is 0 Å². The van der Waals surface area contributed by atoms with Crippen molar-refractivity contribution >= 4 is 25.8 Å². The second kappa shape index (κ2) is 8.94. The van der Waals surface area contributed by atoms with Gasteiger partial charge in [-0.25, -0.2) is 18.2 Å². The molecular weight excluding hydrogens is 424 g/mol. The monoisotopic (exact) mass is 450 g/mol. The lowest BCUT2D eigenvalue weighted by Gasteiger charge is -2.37. The van der Waals surface area contributed by atoms with Crippen LogP contribution in [0.1, 0.15) is 50.4 Å². The number of aromatic nitrogens is 1. The molecule has 3 rings (SSSR count). The van der Waals surface area contributed by atoms with Crippen molar-refractivity contribution in [3.05, 3.63) is 59.3 Å². The SMILES string of the molecule is CC(C)(C)OC(=O)N1Cc2ccc(S(=O)(=O)Cl)nc2CC1CCCc1ccccc1. The van der Waals surface area contributed by atoms with Crippen LogP contribution in [-0.4, -0.2) is 36.0 Å². The van der Waals surface area contributed by atoms with Crippen LogP contribution in [0.4, 0.5) is 4.79 Å². The molecule has 2 heterocycles. The first-order valence-corrected chi connectivity index (χ1v) is 12.3. The van der Waals surface area contributed by atoms with Crippen LogP contribution in [0.2, 0.25) is 0 Å². The molecule has 1 aromatic carbocycles. The van der Waals surface area contributed by atoms with E-state index in [-0.39, 0.29) is 17.2 Å². The number of carbonyl (C=O) groups excluding carboxylic acids is 1. The molecule has 0 bridgehead atoms. The molecule has 0 aliphatic carbocycles. The number of amides is 1. The van der Waals surface area contributed by atoms with Crippen molar-refractivity contribution in [1.82, 2.24) is 9.88 Å². The molecule has 0 fully saturated rings. The molecule has 2 aromatic rings. The number of hydrogen-bond acceptors (Lipinski definition) is 5. The first-order valence-electron chi connectivity index (χ1n) is 10.00. The van der Waals surface area contributed by atoms with Crippen molar-refractivity contribution in [2.75, 3.05) is 0 Å². The van der Waals surface area contributed by atoms with Crippen LogP contribution in [0, 0.1) is 0 Å². The van der Waals surface area contributed by atoms with Crippen molar-refractivity contribution in [1.29, 1.82) is 0 Å². The molecule has 8 heteroatoms. The number of rotatable bonds is 5. The van der Waals surface area contributed by atoms with Crippen molar-refractivity contribution in [2.45, 2.75) is 69.7 Å². The fraction of sp³-hybridized carbons (Fsp3) is 0.455. The smallest absolute Gasteiger partial charge is 0.410 e. The minimum Gasteiger partial charge on any atom is -0.444 e. The van der Waals surface area contributed by atoms with E-state index in [1.165, 1.54) is 11.6 Å². The first kappa shape index (κ1) is 22.6. The van der Waals surface area contributed by atoms with Crippen molar-refractivity contribution in [3.63, 3.8) is 0 Å². The summed E-state index contributed by atoms with van der Waals surface area (Å²) in [6, 6.07) is 13.1. The van der Waals surface area contributed by atoms with Gasteiger partial charge >= 0.3 is 6.09 Å². The predicted octanol–water partition coefficient (Wildman–Crippen LogP) is 4.69. The van der Waals surface area contributed by atoms with Crippen LogP contribution in [0.15, 0.2) is 47.5 Å². The summed E-state index contributed by atoms with van der Waals surface area (Å²) in [5, 5.41) is -0.156. The molecule has 1 aliphatic rings. The number of halogens is 1. The molecule has 0 saturated heterocycles. The lowest BCUT2D eigenvalue weighted by molar-refractivity contribution is 0.0105. The minimum absolute atomic E-state index is 0.128. The quantitative estimate of drug-likeness (QED) is 0.617. The lowest BCUT2D eigenvalue weighted by Crippen LogP contribution is -2.46. The third-order valence-electron chi connectivity index (χ3n) is 4.98. The molecular formula is C22H27ClN2O4S. The molecule has 162 valence electrons. The van der Waals surface area contributed by atoms with E-state index >= 15 is 0 Å². The molecule has 6 nitrogen and oxygen atoms in total. The highest BCUT2D eigenvalue weighted by Gasteiger charge is 2.33. The second-order valence-corrected chi connectivity index (χ2v) is 11.0. The Hall–Kier alpha value is -2.12. The molecule has 1 amide bonds. The van der Waals surface area contributed by atoms with Gasteiger partial charge in [-0.2, -0.15) is 0 Å². The maximum absolute atomic E-state index is 12.9. The number of fused-ring (bicyclic) bond motifs is 1. The van der Waals surface area contributed by atoms with E-state index in [1.807, 2.05) is 39.0 Å². The lowest BCUT2D eigenvalue weighted by atomic mass is 9.94. The van der Waals surface area contributed by atoms with Gasteiger partial charge in [0.1, 0.15) is 5.60 Å². The zero-order chi connectivity index (χ0) is 21.9. The Morgan fingerprint density at radius 1 is 1.20 bits per heavy atom. The summed E-state index contributed by atoms with van der Waals surface area (Å²) in [5.41, 5.74) is 2.12. The zero-order valence-electron chi connectivity index (χ0n) is 17.5. The Morgan fingerprint density at radius 3 is 2.53 bits per heavy atom. The van der Waals surface area contributed by atoms with E-state index in [0.717, 1.165) is 24.8 Å². The molecule has 0 saturated carbocycles. The van der Waals surface area contributed by atoms with E-state index in [0.29, 0.717) is 18.7 Å². The summed E-state index contributed by atoms with van der Waals surface area (Å²) in [6.45, 7) is 5.85. The largest absolute Gasteiger partial charge is 0.444 e. The number of ether oxygens (including phenoxy) is 1. The number of pyridine rings is 1. The summed E-state index contributed by atoms with van der Waals surface area (Å²) in [4.78, 5) is 18.9. The maximum Gasteiger partial charge on any atom is 0.410 e. The molecule has 0 spiro atoms. The summed E-state index contributed by atoms with van der Waals surface area (Å²) >= 11 is 0. The Bertz CT molecular complexity index is 1000. The van der Waals surface area contributed by atoms with Gasteiger partial charge in [0.15, 0.2) is 5.03 Å². The fourth-order valence-corrected chi connectivity index (χ4v) is 4.30. The Kier molecular flexibility index (Phi) is 6.72. The van der Waals surface area contributed by atoms with Gasteiger partial charge < -0.3 is 9.64 Å². The fourth-order valence-electron chi connectivity index (χ4n) is 3.59. The molecule has 0 radical (unpaired) electrons. The highest BCUT2D eigenvalue weighted by atomic mass is 35.7. The van der Waals surface area contributed by atoms with Crippen LogP contribution in [0.25, 0.3) is 0 Å². The highest BCUT2D eigenvalue weighted by Crippen LogP contribution is 2.28. The second-order valence-electron chi connectivity index (χ2n) is 8.54. The average molecular weight is 451 g/mol. The Morgan fingerprint density at radius 2 is 1.90 bits per heavy atom. The van der Waals surface area contributed by atoms with Crippen LogP contribution < -0.4 is 0 Å². The molecule has 0 N–H and O–H groups in total. The highest BCUT2D eigenvalue weighted by molar-refractivity contribution is 8.13. The third-order valence-corrected chi connectivity index (χ3v) is 6.18. The van der Waals surface area contributed by atoms with Gasteiger partial charge in [0.05, 0.1) is 6.54 Å². The van der Waals surface area contributed by atoms with E-state index in [4.69, 9.17) is 15.4 Å². The van der Waals surface area contributed by atoms with Gasteiger partial charge in [0.25, 0.3) is 9.05 Å². The van der Waals surface area contributed by atoms with Gasteiger partial charge in [-0.05, 0) is 57.2 Å². The van der Waals surface area contributed by atoms with Crippen LogP contribution in [-0.2, 0) is 33.2 Å². The zero-order valence-corrected chi connectivity index (χ0v) is 19.0. The first-order chi connectivity index (χ1) is 14.0. The predicted molar refractivity (Wildman–Crippen MR) is 116 cm³/mol. The van der Waals surface area contributed by atoms with Gasteiger partial charge in [-0.15, -0.1) is 0 Å². The maximum atomic E-state index is 12.9. The van der Waals surface area contributed by atoms with Crippen molar-refractivity contribution in [3.8, 4) is 0 Å². The normalized spacial score (nSPS) is 16.8. The number of benzene rings is 1. The van der Waals surface area contributed by atoms with Gasteiger partial charge in [-0.1, -0.05) is 36.4 Å².